The molecule has 0 saturated carbocycles. The SMILES string of the molecule is CCCc1c(OCCCCOc2ccc(CC/C(N)=N/N)cc2)ccc(C(C)=O)c1O. The number of benzene rings is 2. The van der Waals surface area contributed by atoms with Gasteiger partial charge in [-0.15, -0.1) is 0 Å². The van der Waals surface area contributed by atoms with E-state index in [2.05, 4.69) is 5.10 Å². The molecular formula is C24H33N3O4. The molecule has 0 aliphatic carbocycles. The van der Waals surface area contributed by atoms with Crippen LogP contribution in [0, 0.1) is 0 Å². The first-order chi connectivity index (χ1) is 15.0. The Balaban J connectivity index is 1.75. The van der Waals surface area contributed by atoms with Crippen molar-refractivity contribution in [2.24, 2.45) is 16.7 Å². The van der Waals surface area contributed by atoms with Gasteiger partial charge in [0.15, 0.2) is 5.78 Å². The molecule has 0 atom stereocenters. The molecule has 0 saturated heterocycles. The van der Waals surface area contributed by atoms with Gasteiger partial charge in [-0.05, 0) is 62.4 Å². The van der Waals surface area contributed by atoms with Crippen molar-refractivity contribution >= 4 is 11.6 Å². The molecule has 0 radical (unpaired) electrons. The highest BCUT2D eigenvalue weighted by atomic mass is 16.5. The topological polar surface area (TPSA) is 120 Å². The van der Waals surface area contributed by atoms with E-state index in [1.165, 1.54) is 6.92 Å². The summed E-state index contributed by atoms with van der Waals surface area (Å²) in [4.78, 5) is 11.6. The van der Waals surface area contributed by atoms with Crippen molar-refractivity contribution in [3.63, 3.8) is 0 Å². The van der Waals surface area contributed by atoms with Crippen LogP contribution in [0.2, 0.25) is 0 Å². The largest absolute Gasteiger partial charge is 0.507 e. The summed E-state index contributed by atoms with van der Waals surface area (Å²) in [6.07, 6.45) is 4.58. The average molecular weight is 428 g/mol. The van der Waals surface area contributed by atoms with Crippen LogP contribution in [0.4, 0.5) is 0 Å². The molecule has 0 heterocycles. The number of nitrogens with two attached hydrogens (primary N) is 2. The van der Waals surface area contributed by atoms with E-state index >= 15 is 0 Å². The third kappa shape index (κ3) is 7.51. The number of ketones is 1. The standard InChI is InChI=1S/C24H33N3O4/c1-3-6-21-22(13-12-20(17(2)28)24(21)29)31-16-5-4-15-30-19-10-7-18(8-11-19)9-14-23(25)27-26/h7-8,10-13,29H,3-6,9,14-16,26H2,1-2H3,(H2,25,27). The Bertz CT molecular complexity index is 879. The van der Waals surface area contributed by atoms with Crippen LogP contribution in [-0.4, -0.2) is 29.9 Å². The zero-order valence-electron chi connectivity index (χ0n) is 18.4. The van der Waals surface area contributed by atoms with Crippen LogP contribution >= 0.6 is 0 Å². The minimum Gasteiger partial charge on any atom is -0.507 e. The van der Waals surface area contributed by atoms with E-state index < -0.39 is 0 Å². The van der Waals surface area contributed by atoms with Gasteiger partial charge < -0.3 is 26.2 Å². The average Bonchev–Trinajstić information content (AvgIpc) is 2.77. The molecule has 0 fully saturated rings. The minimum absolute atomic E-state index is 0.0385. The summed E-state index contributed by atoms with van der Waals surface area (Å²) in [6, 6.07) is 11.3. The van der Waals surface area contributed by atoms with Crippen molar-refractivity contribution in [1.82, 2.24) is 0 Å². The summed E-state index contributed by atoms with van der Waals surface area (Å²) in [5.74, 6) is 6.92. The van der Waals surface area contributed by atoms with Crippen LogP contribution in [0.5, 0.6) is 17.2 Å². The van der Waals surface area contributed by atoms with E-state index in [4.69, 9.17) is 21.1 Å². The van der Waals surface area contributed by atoms with Crippen molar-refractivity contribution in [3.05, 3.63) is 53.1 Å². The zero-order chi connectivity index (χ0) is 22.6. The smallest absolute Gasteiger partial charge is 0.163 e. The van der Waals surface area contributed by atoms with Crippen LogP contribution in [0.25, 0.3) is 0 Å². The fraction of sp³-hybridized carbons (Fsp3) is 0.417. The Morgan fingerprint density at radius 1 is 1.03 bits per heavy atom. The minimum atomic E-state index is -0.153. The molecule has 0 bridgehead atoms. The molecule has 0 aliphatic heterocycles. The molecule has 2 aromatic carbocycles. The fourth-order valence-electron chi connectivity index (χ4n) is 3.19. The molecule has 0 unspecified atom stereocenters. The van der Waals surface area contributed by atoms with E-state index in [0.717, 1.165) is 37.0 Å². The number of aryl methyl sites for hydroxylation is 1. The number of unbranched alkanes of at least 4 members (excludes halogenated alkanes) is 1. The van der Waals surface area contributed by atoms with Crippen LogP contribution in [-0.2, 0) is 12.8 Å². The Morgan fingerprint density at radius 3 is 2.32 bits per heavy atom. The maximum atomic E-state index is 11.6. The normalized spacial score (nSPS) is 11.4. The molecule has 0 aromatic heterocycles. The number of phenolic OH excluding ortho intramolecular Hbond substituents is 1. The first-order valence-corrected chi connectivity index (χ1v) is 10.7. The molecule has 2 aromatic rings. The van der Waals surface area contributed by atoms with Gasteiger partial charge in [-0.25, -0.2) is 0 Å². The number of ether oxygens (including phenoxy) is 2. The molecule has 168 valence electrons. The summed E-state index contributed by atoms with van der Waals surface area (Å²) in [6.45, 7) is 4.58. The number of nitrogens with zero attached hydrogens (tertiary/aromatic N) is 1. The van der Waals surface area contributed by atoms with Gasteiger partial charge in [0.1, 0.15) is 23.1 Å². The maximum absolute atomic E-state index is 11.6. The molecule has 0 spiro atoms. The predicted molar refractivity (Wildman–Crippen MR) is 123 cm³/mol. The fourth-order valence-corrected chi connectivity index (χ4v) is 3.19. The number of rotatable bonds is 13. The van der Waals surface area contributed by atoms with Gasteiger partial charge in [-0.2, -0.15) is 5.10 Å². The molecule has 5 N–H and O–H groups in total. The highest BCUT2D eigenvalue weighted by molar-refractivity contribution is 5.97. The van der Waals surface area contributed by atoms with E-state index in [1.807, 2.05) is 31.2 Å². The second kappa shape index (κ2) is 12.5. The number of Topliss-reactive ketones (excluding diaryl/α,β-unsaturated/α-hetero) is 1. The number of hydrogen-bond donors (Lipinski definition) is 3. The van der Waals surface area contributed by atoms with Crippen molar-refractivity contribution in [2.75, 3.05) is 13.2 Å². The summed E-state index contributed by atoms with van der Waals surface area (Å²) >= 11 is 0. The Morgan fingerprint density at radius 2 is 1.71 bits per heavy atom. The first kappa shape index (κ1) is 24.1. The van der Waals surface area contributed by atoms with Crippen molar-refractivity contribution in [3.8, 4) is 17.2 Å². The number of hydrogen-bond acceptors (Lipinski definition) is 6. The number of hydrazone groups is 1. The monoisotopic (exact) mass is 427 g/mol. The Labute approximate surface area is 184 Å². The van der Waals surface area contributed by atoms with E-state index in [1.54, 1.807) is 12.1 Å². The third-order valence-electron chi connectivity index (χ3n) is 4.94. The summed E-state index contributed by atoms with van der Waals surface area (Å²) in [5, 5.41) is 13.9. The van der Waals surface area contributed by atoms with Gasteiger partial charge in [0, 0.05) is 12.0 Å². The van der Waals surface area contributed by atoms with Gasteiger partial charge in [0.05, 0.1) is 18.8 Å². The summed E-state index contributed by atoms with van der Waals surface area (Å²) in [5.41, 5.74) is 7.79. The van der Waals surface area contributed by atoms with Crippen molar-refractivity contribution in [2.45, 2.75) is 52.4 Å². The summed E-state index contributed by atoms with van der Waals surface area (Å²) in [7, 11) is 0. The van der Waals surface area contributed by atoms with Crippen LogP contribution in [0.3, 0.4) is 0 Å². The lowest BCUT2D eigenvalue weighted by Crippen LogP contribution is -2.14. The predicted octanol–water partition coefficient (Wildman–Crippen LogP) is 3.95. The summed E-state index contributed by atoms with van der Waals surface area (Å²) < 4.78 is 11.7. The quantitative estimate of drug-likeness (QED) is 0.111. The molecule has 31 heavy (non-hydrogen) atoms. The van der Waals surface area contributed by atoms with Gasteiger partial charge in [0.2, 0.25) is 0 Å². The van der Waals surface area contributed by atoms with Crippen LogP contribution < -0.4 is 21.1 Å². The lowest BCUT2D eigenvalue weighted by atomic mass is 10.0. The number of carbonyl (C=O) groups excluding carboxylic acids is 1. The maximum Gasteiger partial charge on any atom is 0.163 e. The molecule has 7 heteroatoms. The molecule has 7 nitrogen and oxygen atoms in total. The molecule has 0 amide bonds. The van der Waals surface area contributed by atoms with E-state index in [0.29, 0.717) is 48.8 Å². The van der Waals surface area contributed by atoms with Gasteiger partial charge in [0.25, 0.3) is 0 Å². The first-order valence-electron chi connectivity index (χ1n) is 10.7. The second-order valence-electron chi connectivity index (χ2n) is 7.41. The molecule has 0 aliphatic rings. The van der Waals surface area contributed by atoms with Crippen molar-refractivity contribution < 1.29 is 19.4 Å². The zero-order valence-corrected chi connectivity index (χ0v) is 18.4. The van der Waals surface area contributed by atoms with Gasteiger partial charge in [-0.3, -0.25) is 4.79 Å². The Hall–Kier alpha value is -3.22. The van der Waals surface area contributed by atoms with Crippen molar-refractivity contribution in [1.29, 1.82) is 0 Å². The lowest BCUT2D eigenvalue weighted by molar-refractivity contribution is 0.101. The molecule has 2 rings (SSSR count). The molecular weight excluding hydrogens is 394 g/mol. The van der Waals surface area contributed by atoms with E-state index in [-0.39, 0.29) is 11.5 Å². The van der Waals surface area contributed by atoms with E-state index in [9.17, 15) is 9.90 Å². The van der Waals surface area contributed by atoms with Crippen LogP contribution in [0.15, 0.2) is 41.5 Å². The number of phenols is 1. The van der Waals surface area contributed by atoms with Gasteiger partial charge >= 0.3 is 0 Å². The number of amidine groups is 1. The second-order valence-corrected chi connectivity index (χ2v) is 7.41. The third-order valence-corrected chi connectivity index (χ3v) is 4.94. The number of carbonyl (C=O) groups is 1. The van der Waals surface area contributed by atoms with Gasteiger partial charge in [-0.1, -0.05) is 25.5 Å². The van der Waals surface area contributed by atoms with Crippen LogP contribution in [0.1, 0.15) is 61.0 Å². The highest BCUT2D eigenvalue weighted by Crippen LogP contribution is 2.33. The number of aromatic hydroxyl groups is 1. The lowest BCUT2D eigenvalue weighted by Gasteiger charge is -2.14. The Kier molecular flexibility index (Phi) is 9.68. The highest BCUT2D eigenvalue weighted by Gasteiger charge is 2.15.